The predicted octanol–water partition coefficient (Wildman–Crippen LogP) is 2.64. The van der Waals surface area contributed by atoms with Crippen LogP contribution in [0.25, 0.3) is 0 Å². The Hall–Kier alpha value is -1.58. The maximum atomic E-state index is 13.8. The minimum Gasteiger partial charge on any atom is -0.399 e. The minimum absolute atomic E-state index is 0.0374. The molecule has 0 atom stereocenters. The smallest absolute Gasteiger partial charge is 0.254 e. The summed E-state index contributed by atoms with van der Waals surface area (Å²) < 4.78 is 13.8. The molecule has 4 heteroatoms. The number of benzene rings is 1. The Balaban J connectivity index is 2.09. The lowest BCUT2D eigenvalue weighted by Gasteiger charge is -2.38. The largest absolute Gasteiger partial charge is 0.399 e. The third-order valence-corrected chi connectivity index (χ3v) is 3.76. The molecule has 3 nitrogen and oxygen atoms in total. The topological polar surface area (TPSA) is 55.1 Å². The molecule has 0 bridgehead atoms. The van der Waals surface area contributed by atoms with Crippen LogP contribution in [-0.4, -0.2) is 12.5 Å². The van der Waals surface area contributed by atoms with Crippen LogP contribution in [0.5, 0.6) is 0 Å². The Morgan fingerprint density at radius 1 is 1.50 bits per heavy atom. The van der Waals surface area contributed by atoms with E-state index in [0.29, 0.717) is 17.8 Å². The van der Waals surface area contributed by atoms with E-state index in [-0.39, 0.29) is 16.9 Å². The van der Waals surface area contributed by atoms with Gasteiger partial charge in [-0.15, -0.1) is 0 Å². The summed E-state index contributed by atoms with van der Waals surface area (Å²) in [6, 6.07) is 2.92. The average molecular weight is 250 g/mol. The van der Waals surface area contributed by atoms with Crippen LogP contribution >= 0.6 is 0 Å². The zero-order valence-electron chi connectivity index (χ0n) is 10.8. The fraction of sp³-hybridized carbons (Fsp3) is 0.500. The van der Waals surface area contributed by atoms with Gasteiger partial charge in [0.1, 0.15) is 5.82 Å². The van der Waals surface area contributed by atoms with E-state index in [1.54, 1.807) is 6.92 Å². The SMILES string of the molecule is Cc1cc(N)cc(C(=O)NCC2(C)CCC2)c1F. The summed E-state index contributed by atoms with van der Waals surface area (Å²) in [5.41, 5.74) is 6.67. The van der Waals surface area contributed by atoms with E-state index >= 15 is 0 Å². The standard InChI is InChI=1S/C14H19FN2O/c1-9-6-10(16)7-11(12(9)15)13(18)17-8-14(2)4-3-5-14/h6-7H,3-5,8,16H2,1-2H3,(H,17,18). The Labute approximate surface area is 107 Å². The number of carbonyl (C=O) groups excluding carboxylic acids is 1. The zero-order chi connectivity index (χ0) is 13.3. The van der Waals surface area contributed by atoms with Crippen LogP contribution in [0.2, 0.25) is 0 Å². The molecular formula is C14H19FN2O. The van der Waals surface area contributed by atoms with Gasteiger partial charge in [0, 0.05) is 12.2 Å². The molecule has 0 saturated heterocycles. The molecule has 1 aliphatic carbocycles. The third-order valence-electron chi connectivity index (χ3n) is 3.76. The molecular weight excluding hydrogens is 231 g/mol. The van der Waals surface area contributed by atoms with Crippen molar-refractivity contribution in [3.8, 4) is 0 Å². The van der Waals surface area contributed by atoms with E-state index in [0.717, 1.165) is 12.8 Å². The summed E-state index contributed by atoms with van der Waals surface area (Å²) >= 11 is 0. The van der Waals surface area contributed by atoms with E-state index in [2.05, 4.69) is 12.2 Å². The van der Waals surface area contributed by atoms with Crippen LogP contribution in [0.15, 0.2) is 12.1 Å². The number of anilines is 1. The molecule has 2 rings (SSSR count). The van der Waals surface area contributed by atoms with Crippen molar-refractivity contribution in [3.63, 3.8) is 0 Å². The molecule has 1 fully saturated rings. The molecule has 0 heterocycles. The first-order valence-electron chi connectivity index (χ1n) is 6.25. The van der Waals surface area contributed by atoms with Crippen LogP contribution in [0, 0.1) is 18.2 Å². The van der Waals surface area contributed by atoms with E-state index in [4.69, 9.17) is 5.73 Å². The van der Waals surface area contributed by atoms with Gasteiger partial charge in [0.2, 0.25) is 0 Å². The lowest BCUT2D eigenvalue weighted by molar-refractivity contribution is 0.0886. The number of halogens is 1. The maximum Gasteiger partial charge on any atom is 0.254 e. The van der Waals surface area contributed by atoms with Crippen molar-refractivity contribution >= 4 is 11.6 Å². The summed E-state index contributed by atoms with van der Waals surface area (Å²) in [5.74, 6) is -0.864. The number of nitrogens with two attached hydrogens (primary N) is 1. The van der Waals surface area contributed by atoms with Crippen molar-refractivity contribution in [2.45, 2.75) is 33.1 Å². The second kappa shape index (κ2) is 4.59. The number of aryl methyl sites for hydroxylation is 1. The molecule has 1 saturated carbocycles. The Kier molecular flexibility index (Phi) is 3.28. The van der Waals surface area contributed by atoms with Gasteiger partial charge in [-0.25, -0.2) is 4.39 Å². The highest BCUT2D eigenvalue weighted by Gasteiger charge is 2.32. The number of rotatable bonds is 3. The van der Waals surface area contributed by atoms with Gasteiger partial charge in [0.25, 0.3) is 5.91 Å². The minimum atomic E-state index is -0.486. The van der Waals surface area contributed by atoms with E-state index in [1.807, 2.05) is 0 Å². The summed E-state index contributed by atoms with van der Waals surface area (Å²) in [5, 5.41) is 2.80. The normalized spacial score (nSPS) is 17.1. The predicted molar refractivity (Wildman–Crippen MR) is 69.8 cm³/mol. The molecule has 0 spiro atoms. The maximum absolute atomic E-state index is 13.8. The highest BCUT2D eigenvalue weighted by Crippen LogP contribution is 2.39. The lowest BCUT2D eigenvalue weighted by Crippen LogP contribution is -2.40. The first-order valence-corrected chi connectivity index (χ1v) is 6.25. The highest BCUT2D eigenvalue weighted by atomic mass is 19.1. The summed E-state index contributed by atoms with van der Waals surface area (Å²) in [7, 11) is 0. The van der Waals surface area contributed by atoms with Gasteiger partial charge in [-0.2, -0.15) is 0 Å². The average Bonchev–Trinajstić information content (AvgIpc) is 2.28. The molecule has 1 aliphatic rings. The Bertz CT molecular complexity index is 481. The number of hydrogen-bond donors (Lipinski definition) is 2. The highest BCUT2D eigenvalue weighted by molar-refractivity contribution is 5.95. The molecule has 18 heavy (non-hydrogen) atoms. The lowest BCUT2D eigenvalue weighted by atomic mass is 9.70. The molecule has 1 amide bonds. The monoisotopic (exact) mass is 250 g/mol. The second-order valence-electron chi connectivity index (χ2n) is 5.55. The van der Waals surface area contributed by atoms with Gasteiger partial charge in [-0.3, -0.25) is 4.79 Å². The third kappa shape index (κ3) is 2.47. The Morgan fingerprint density at radius 3 is 2.72 bits per heavy atom. The van der Waals surface area contributed by atoms with Crippen molar-refractivity contribution < 1.29 is 9.18 Å². The van der Waals surface area contributed by atoms with Crippen molar-refractivity contribution in [1.29, 1.82) is 0 Å². The zero-order valence-corrected chi connectivity index (χ0v) is 10.8. The molecule has 1 aromatic rings. The fourth-order valence-corrected chi connectivity index (χ4v) is 2.31. The van der Waals surface area contributed by atoms with Crippen LogP contribution in [-0.2, 0) is 0 Å². The van der Waals surface area contributed by atoms with Crippen molar-refractivity contribution in [3.05, 3.63) is 29.1 Å². The number of nitrogen functional groups attached to an aromatic ring is 1. The number of nitrogens with one attached hydrogen (secondary N) is 1. The molecule has 1 aromatic carbocycles. The molecule has 0 aromatic heterocycles. The van der Waals surface area contributed by atoms with Gasteiger partial charge in [-0.05, 0) is 42.9 Å². The molecule has 0 radical (unpaired) electrons. The quantitative estimate of drug-likeness (QED) is 0.810. The van der Waals surface area contributed by atoms with Crippen LogP contribution < -0.4 is 11.1 Å². The van der Waals surface area contributed by atoms with Gasteiger partial charge in [0.05, 0.1) is 5.56 Å². The van der Waals surface area contributed by atoms with Gasteiger partial charge < -0.3 is 11.1 Å². The molecule has 0 unspecified atom stereocenters. The van der Waals surface area contributed by atoms with E-state index < -0.39 is 5.82 Å². The number of amides is 1. The first kappa shape index (κ1) is 12.9. The molecule has 3 N–H and O–H groups in total. The number of carbonyl (C=O) groups is 1. The second-order valence-corrected chi connectivity index (χ2v) is 5.55. The fourth-order valence-electron chi connectivity index (χ4n) is 2.31. The van der Waals surface area contributed by atoms with Gasteiger partial charge >= 0.3 is 0 Å². The summed E-state index contributed by atoms with van der Waals surface area (Å²) in [6.45, 7) is 4.34. The summed E-state index contributed by atoms with van der Waals surface area (Å²) in [6.07, 6.45) is 3.44. The first-order chi connectivity index (χ1) is 8.41. The number of hydrogen-bond acceptors (Lipinski definition) is 2. The van der Waals surface area contributed by atoms with E-state index in [9.17, 15) is 9.18 Å². The van der Waals surface area contributed by atoms with Crippen LogP contribution in [0.3, 0.4) is 0 Å². The summed E-state index contributed by atoms with van der Waals surface area (Å²) in [4.78, 5) is 11.9. The van der Waals surface area contributed by atoms with Crippen LogP contribution in [0.4, 0.5) is 10.1 Å². The van der Waals surface area contributed by atoms with Gasteiger partial charge in [0.15, 0.2) is 0 Å². The Morgan fingerprint density at radius 2 is 2.17 bits per heavy atom. The van der Waals surface area contributed by atoms with Crippen LogP contribution in [0.1, 0.15) is 42.1 Å². The van der Waals surface area contributed by atoms with Crippen molar-refractivity contribution in [1.82, 2.24) is 5.32 Å². The van der Waals surface area contributed by atoms with Crippen molar-refractivity contribution in [2.24, 2.45) is 5.41 Å². The van der Waals surface area contributed by atoms with E-state index in [1.165, 1.54) is 18.6 Å². The molecule has 98 valence electrons. The van der Waals surface area contributed by atoms with Crippen molar-refractivity contribution in [2.75, 3.05) is 12.3 Å². The van der Waals surface area contributed by atoms with Gasteiger partial charge in [-0.1, -0.05) is 13.3 Å². The molecule has 0 aliphatic heterocycles.